The van der Waals surface area contributed by atoms with E-state index in [-0.39, 0.29) is 0 Å². The highest BCUT2D eigenvalue weighted by molar-refractivity contribution is 5.03. The molecular weight excluding hydrogens is 136 g/mol. The third-order valence-corrected chi connectivity index (χ3v) is 3.71. The van der Waals surface area contributed by atoms with Crippen LogP contribution in [0.15, 0.2) is 0 Å². The van der Waals surface area contributed by atoms with Gasteiger partial charge in [-0.2, -0.15) is 0 Å². The lowest BCUT2D eigenvalue weighted by molar-refractivity contribution is 0.196. The molecule has 0 aromatic carbocycles. The highest BCUT2D eigenvalue weighted by Crippen LogP contribution is 2.62. The molecule has 1 N–H and O–H groups in total. The van der Waals surface area contributed by atoms with Gasteiger partial charge in [0.2, 0.25) is 0 Å². The van der Waals surface area contributed by atoms with Crippen LogP contribution >= 0.6 is 0 Å². The van der Waals surface area contributed by atoms with Crippen LogP contribution in [-0.2, 0) is 0 Å². The van der Waals surface area contributed by atoms with Gasteiger partial charge in [-0.25, -0.2) is 0 Å². The van der Waals surface area contributed by atoms with Crippen LogP contribution in [0.25, 0.3) is 0 Å². The molecule has 1 spiro atoms. The largest absolute Gasteiger partial charge is 0.396 e. The summed E-state index contributed by atoms with van der Waals surface area (Å²) in [5, 5.41) is 9.01. The molecule has 1 heteroatoms. The molecule has 2 aliphatic carbocycles. The standard InChI is InChI=1S/C10H18O/c1-8-3-2-4-10(5-8)6-9(10)7-11/h8-9,11H,2-7H2,1H3. The highest BCUT2D eigenvalue weighted by Gasteiger charge is 2.54. The molecule has 11 heavy (non-hydrogen) atoms. The highest BCUT2D eigenvalue weighted by atomic mass is 16.3. The molecule has 0 amide bonds. The van der Waals surface area contributed by atoms with Crippen molar-refractivity contribution < 1.29 is 5.11 Å². The number of aliphatic hydroxyl groups is 1. The van der Waals surface area contributed by atoms with Gasteiger partial charge in [0.1, 0.15) is 0 Å². The van der Waals surface area contributed by atoms with Crippen LogP contribution in [0.3, 0.4) is 0 Å². The fourth-order valence-electron chi connectivity index (χ4n) is 2.95. The molecule has 3 atom stereocenters. The fraction of sp³-hybridized carbons (Fsp3) is 1.00. The van der Waals surface area contributed by atoms with Gasteiger partial charge in [0.15, 0.2) is 0 Å². The van der Waals surface area contributed by atoms with Gasteiger partial charge in [-0.1, -0.05) is 19.8 Å². The Balaban J connectivity index is 1.95. The monoisotopic (exact) mass is 154 g/mol. The van der Waals surface area contributed by atoms with Crippen molar-refractivity contribution in [3.63, 3.8) is 0 Å². The van der Waals surface area contributed by atoms with E-state index in [1.54, 1.807) is 0 Å². The second-order valence-corrected chi connectivity index (χ2v) is 4.65. The van der Waals surface area contributed by atoms with Gasteiger partial charge >= 0.3 is 0 Å². The average molecular weight is 154 g/mol. The van der Waals surface area contributed by atoms with Gasteiger partial charge in [0.25, 0.3) is 0 Å². The third-order valence-electron chi connectivity index (χ3n) is 3.71. The predicted octanol–water partition coefficient (Wildman–Crippen LogP) is 2.20. The van der Waals surface area contributed by atoms with Crippen LogP contribution in [-0.4, -0.2) is 11.7 Å². The van der Waals surface area contributed by atoms with Crippen LogP contribution in [0.5, 0.6) is 0 Å². The van der Waals surface area contributed by atoms with Crippen molar-refractivity contribution in [1.29, 1.82) is 0 Å². The minimum absolute atomic E-state index is 0.437. The molecule has 0 heterocycles. The normalized spacial score (nSPS) is 49.6. The Bertz CT molecular complexity index is 155. The van der Waals surface area contributed by atoms with E-state index in [9.17, 15) is 0 Å². The maximum Gasteiger partial charge on any atom is 0.0464 e. The first-order chi connectivity index (χ1) is 5.27. The Morgan fingerprint density at radius 1 is 1.45 bits per heavy atom. The van der Waals surface area contributed by atoms with Crippen molar-refractivity contribution in [3.05, 3.63) is 0 Å². The summed E-state index contributed by atoms with van der Waals surface area (Å²) in [6.07, 6.45) is 6.91. The maximum absolute atomic E-state index is 9.01. The van der Waals surface area contributed by atoms with Crippen molar-refractivity contribution in [2.75, 3.05) is 6.61 Å². The van der Waals surface area contributed by atoms with Crippen LogP contribution in [0, 0.1) is 17.3 Å². The van der Waals surface area contributed by atoms with Crippen molar-refractivity contribution in [2.45, 2.75) is 39.0 Å². The number of rotatable bonds is 1. The van der Waals surface area contributed by atoms with Gasteiger partial charge in [-0.15, -0.1) is 0 Å². The van der Waals surface area contributed by atoms with Gasteiger partial charge in [0.05, 0.1) is 0 Å². The van der Waals surface area contributed by atoms with E-state index in [0.29, 0.717) is 17.9 Å². The summed E-state index contributed by atoms with van der Waals surface area (Å²) >= 11 is 0. The summed E-state index contributed by atoms with van der Waals surface area (Å²) in [4.78, 5) is 0. The second kappa shape index (κ2) is 2.48. The Morgan fingerprint density at radius 3 is 2.82 bits per heavy atom. The molecule has 2 rings (SSSR count). The third kappa shape index (κ3) is 1.20. The van der Waals surface area contributed by atoms with E-state index in [4.69, 9.17) is 5.11 Å². The number of hydrogen-bond acceptors (Lipinski definition) is 1. The van der Waals surface area contributed by atoms with Gasteiger partial charge in [0, 0.05) is 6.61 Å². The first-order valence-corrected chi connectivity index (χ1v) is 4.88. The zero-order valence-electron chi connectivity index (χ0n) is 7.34. The van der Waals surface area contributed by atoms with E-state index in [2.05, 4.69) is 6.92 Å². The number of hydrogen-bond donors (Lipinski definition) is 1. The molecule has 1 nitrogen and oxygen atoms in total. The minimum atomic E-state index is 0.437. The predicted molar refractivity (Wildman–Crippen MR) is 45.3 cm³/mol. The van der Waals surface area contributed by atoms with E-state index in [1.165, 1.54) is 32.1 Å². The first-order valence-electron chi connectivity index (χ1n) is 4.88. The Morgan fingerprint density at radius 2 is 2.27 bits per heavy atom. The molecule has 0 saturated heterocycles. The smallest absolute Gasteiger partial charge is 0.0464 e. The molecular formula is C10H18O. The Kier molecular flexibility index (Phi) is 1.71. The summed E-state index contributed by atoms with van der Waals surface area (Å²) in [6, 6.07) is 0. The molecule has 64 valence electrons. The van der Waals surface area contributed by atoms with Crippen LogP contribution in [0.2, 0.25) is 0 Å². The maximum atomic E-state index is 9.01. The molecule has 0 bridgehead atoms. The van der Waals surface area contributed by atoms with E-state index in [1.807, 2.05) is 0 Å². The van der Waals surface area contributed by atoms with Crippen molar-refractivity contribution >= 4 is 0 Å². The zero-order valence-corrected chi connectivity index (χ0v) is 7.34. The molecule has 3 unspecified atom stereocenters. The fourth-order valence-corrected chi connectivity index (χ4v) is 2.95. The van der Waals surface area contributed by atoms with Gasteiger partial charge in [-0.05, 0) is 36.5 Å². The topological polar surface area (TPSA) is 20.2 Å². The molecule has 2 saturated carbocycles. The lowest BCUT2D eigenvalue weighted by Crippen LogP contribution is -2.17. The first kappa shape index (κ1) is 7.60. The average Bonchev–Trinajstić information content (AvgIpc) is 2.63. The lowest BCUT2D eigenvalue weighted by atomic mass is 9.78. The lowest BCUT2D eigenvalue weighted by Gasteiger charge is -2.27. The van der Waals surface area contributed by atoms with Crippen LogP contribution < -0.4 is 0 Å². The van der Waals surface area contributed by atoms with Crippen LogP contribution in [0.4, 0.5) is 0 Å². The minimum Gasteiger partial charge on any atom is -0.396 e. The number of aliphatic hydroxyl groups excluding tert-OH is 1. The van der Waals surface area contributed by atoms with Crippen LogP contribution in [0.1, 0.15) is 39.0 Å². The van der Waals surface area contributed by atoms with E-state index < -0.39 is 0 Å². The SMILES string of the molecule is CC1CCCC2(C1)CC2CO. The molecule has 0 aliphatic heterocycles. The second-order valence-electron chi connectivity index (χ2n) is 4.65. The summed E-state index contributed by atoms with van der Waals surface area (Å²) in [7, 11) is 0. The molecule has 0 aromatic rings. The van der Waals surface area contributed by atoms with Gasteiger partial charge < -0.3 is 5.11 Å². The summed E-state index contributed by atoms with van der Waals surface area (Å²) in [5.41, 5.74) is 0.617. The van der Waals surface area contributed by atoms with E-state index >= 15 is 0 Å². The quantitative estimate of drug-likeness (QED) is 0.614. The van der Waals surface area contributed by atoms with E-state index in [0.717, 1.165) is 5.92 Å². The van der Waals surface area contributed by atoms with Crippen molar-refractivity contribution in [3.8, 4) is 0 Å². The molecule has 2 fully saturated rings. The molecule has 2 aliphatic rings. The van der Waals surface area contributed by atoms with Crippen molar-refractivity contribution in [1.82, 2.24) is 0 Å². The van der Waals surface area contributed by atoms with Crippen molar-refractivity contribution in [2.24, 2.45) is 17.3 Å². The molecule has 0 radical (unpaired) electrons. The zero-order chi connectivity index (χ0) is 7.90. The Hall–Kier alpha value is -0.0400. The summed E-state index contributed by atoms with van der Waals surface area (Å²) < 4.78 is 0. The van der Waals surface area contributed by atoms with Gasteiger partial charge in [-0.3, -0.25) is 0 Å². The Labute approximate surface area is 68.8 Å². The summed E-state index contributed by atoms with van der Waals surface area (Å²) in [5.74, 6) is 1.59. The summed E-state index contributed by atoms with van der Waals surface area (Å²) in [6.45, 7) is 2.79. The molecule has 0 aromatic heterocycles.